The highest BCUT2D eigenvalue weighted by molar-refractivity contribution is 9.10. The summed E-state index contributed by atoms with van der Waals surface area (Å²) in [5.74, 6) is 0. The van der Waals surface area contributed by atoms with Gasteiger partial charge in [0.05, 0.1) is 4.92 Å². The molecule has 0 unspecified atom stereocenters. The molecule has 0 heterocycles. The fourth-order valence-electron chi connectivity index (χ4n) is 1.53. The third-order valence-corrected chi connectivity index (χ3v) is 4.88. The molecule has 0 N–H and O–H groups in total. The Hall–Kier alpha value is -1.25. The molecule has 0 radical (unpaired) electrons. The summed E-state index contributed by atoms with van der Waals surface area (Å²) < 4.78 is 26.4. The third kappa shape index (κ3) is 3.40. The molecule has 0 saturated heterocycles. The maximum Gasteiger partial charge on any atom is 0.289 e. The Morgan fingerprint density at radius 3 is 2.63 bits per heavy atom. The number of nitrogens with zero attached hydrogens (tertiary/aromatic N) is 2. The van der Waals surface area contributed by atoms with E-state index in [1.54, 1.807) is 6.92 Å². The van der Waals surface area contributed by atoms with Gasteiger partial charge in [-0.3, -0.25) is 10.1 Å². The molecule has 0 aliphatic heterocycles. The summed E-state index contributed by atoms with van der Waals surface area (Å²) >= 11 is 3.12. The van der Waals surface area contributed by atoms with Crippen molar-refractivity contribution in [3.8, 4) is 0 Å². The number of sulfonamides is 1. The van der Waals surface area contributed by atoms with Crippen molar-refractivity contribution in [2.24, 2.45) is 0 Å². The first kappa shape index (κ1) is 15.8. The predicted molar refractivity (Wildman–Crippen MR) is 75.4 cm³/mol. The minimum Gasteiger partial charge on any atom is -0.258 e. The van der Waals surface area contributed by atoms with E-state index in [4.69, 9.17) is 0 Å². The van der Waals surface area contributed by atoms with Crippen molar-refractivity contribution >= 4 is 31.6 Å². The lowest BCUT2D eigenvalue weighted by Crippen LogP contribution is -2.31. The molecule has 0 aliphatic carbocycles. The average Bonchev–Trinajstić information content (AvgIpc) is 2.35. The van der Waals surface area contributed by atoms with E-state index >= 15 is 0 Å². The second-order valence-electron chi connectivity index (χ2n) is 3.61. The van der Waals surface area contributed by atoms with Crippen LogP contribution in [0.2, 0.25) is 0 Å². The predicted octanol–water partition coefficient (Wildman–Crippen LogP) is 2.55. The van der Waals surface area contributed by atoms with E-state index < -0.39 is 20.6 Å². The van der Waals surface area contributed by atoms with Crippen molar-refractivity contribution < 1.29 is 13.3 Å². The third-order valence-electron chi connectivity index (χ3n) is 2.42. The number of benzene rings is 1. The molecule has 8 heteroatoms. The van der Waals surface area contributed by atoms with E-state index in [0.29, 0.717) is 4.47 Å². The molecule has 1 rings (SSSR count). The van der Waals surface area contributed by atoms with Crippen molar-refractivity contribution in [2.45, 2.75) is 11.8 Å². The molecular formula is C11H13BrN2O4S. The molecule has 0 spiro atoms. The van der Waals surface area contributed by atoms with Crippen molar-refractivity contribution in [1.29, 1.82) is 0 Å². The molecule has 0 aliphatic rings. The van der Waals surface area contributed by atoms with Gasteiger partial charge in [-0.25, -0.2) is 8.42 Å². The minimum atomic E-state index is -3.92. The lowest BCUT2D eigenvalue weighted by molar-refractivity contribution is -0.387. The second-order valence-corrected chi connectivity index (χ2v) is 6.44. The van der Waals surface area contributed by atoms with Gasteiger partial charge in [0.1, 0.15) is 0 Å². The Balaban J connectivity index is 3.46. The Kier molecular flexibility index (Phi) is 5.21. The Morgan fingerprint density at radius 2 is 2.16 bits per heavy atom. The normalized spacial score (nSPS) is 11.5. The SMILES string of the molecule is C=CCN(CC)S(=O)(=O)c1cc(Br)ccc1[N+](=O)[O-]. The molecular weight excluding hydrogens is 336 g/mol. The molecule has 1 aromatic carbocycles. The van der Waals surface area contributed by atoms with Crippen LogP contribution < -0.4 is 0 Å². The molecule has 19 heavy (non-hydrogen) atoms. The van der Waals surface area contributed by atoms with Crippen LogP contribution in [0.15, 0.2) is 40.2 Å². The average molecular weight is 349 g/mol. The number of halogens is 1. The molecule has 6 nitrogen and oxygen atoms in total. The lowest BCUT2D eigenvalue weighted by Gasteiger charge is -2.18. The van der Waals surface area contributed by atoms with Gasteiger partial charge >= 0.3 is 0 Å². The standard InChI is InChI=1S/C11H13BrN2O4S/c1-3-7-13(4-2)19(17,18)11-8-9(12)5-6-10(11)14(15)16/h3,5-6,8H,1,4,7H2,2H3. The summed E-state index contributed by atoms with van der Waals surface area (Å²) in [4.78, 5) is 9.90. The van der Waals surface area contributed by atoms with Crippen LogP contribution in [0.25, 0.3) is 0 Å². The number of hydrogen-bond donors (Lipinski definition) is 0. The van der Waals surface area contributed by atoms with Gasteiger partial charge in [-0.05, 0) is 12.1 Å². The van der Waals surface area contributed by atoms with E-state index in [2.05, 4.69) is 22.5 Å². The summed E-state index contributed by atoms with van der Waals surface area (Å²) in [6, 6.07) is 3.83. The Labute approximate surface area is 120 Å². The first-order valence-electron chi connectivity index (χ1n) is 5.39. The summed E-state index contributed by atoms with van der Waals surface area (Å²) in [6.07, 6.45) is 1.44. The quantitative estimate of drug-likeness (QED) is 0.449. The zero-order valence-corrected chi connectivity index (χ0v) is 12.6. The monoisotopic (exact) mass is 348 g/mol. The smallest absolute Gasteiger partial charge is 0.258 e. The molecule has 0 fully saturated rings. The number of nitro benzene ring substituents is 1. The van der Waals surface area contributed by atoms with Crippen LogP contribution in [0.4, 0.5) is 5.69 Å². The van der Waals surface area contributed by atoms with Crippen molar-refractivity contribution in [1.82, 2.24) is 4.31 Å². The minimum absolute atomic E-state index is 0.0997. The van der Waals surface area contributed by atoms with Crippen LogP contribution in [0.3, 0.4) is 0 Å². The number of likely N-dealkylation sites (N-methyl/N-ethyl adjacent to an activating group) is 1. The maximum absolute atomic E-state index is 12.4. The van der Waals surface area contributed by atoms with Gasteiger partial charge in [-0.2, -0.15) is 4.31 Å². The summed E-state index contributed by atoms with van der Waals surface area (Å²) in [5, 5.41) is 10.9. The highest BCUT2D eigenvalue weighted by atomic mass is 79.9. The van der Waals surface area contributed by atoms with E-state index in [1.807, 2.05) is 0 Å². The van der Waals surface area contributed by atoms with E-state index in [9.17, 15) is 18.5 Å². The molecule has 0 atom stereocenters. The molecule has 1 aromatic rings. The van der Waals surface area contributed by atoms with Gasteiger partial charge in [0.15, 0.2) is 4.90 Å². The van der Waals surface area contributed by atoms with Gasteiger partial charge in [-0.15, -0.1) is 6.58 Å². The molecule has 0 saturated carbocycles. The van der Waals surface area contributed by atoms with Gasteiger partial charge in [-0.1, -0.05) is 28.9 Å². The number of rotatable bonds is 6. The zero-order chi connectivity index (χ0) is 14.6. The first-order valence-corrected chi connectivity index (χ1v) is 7.62. The molecule has 0 aromatic heterocycles. The molecule has 104 valence electrons. The summed E-state index contributed by atoms with van der Waals surface area (Å²) in [6.45, 7) is 5.45. The van der Waals surface area contributed by atoms with Crippen LogP contribution in [-0.4, -0.2) is 30.7 Å². The first-order chi connectivity index (χ1) is 8.84. The van der Waals surface area contributed by atoms with Crippen LogP contribution in [0.5, 0.6) is 0 Å². The Bertz CT molecular complexity index is 601. The van der Waals surface area contributed by atoms with Crippen molar-refractivity contribution in [3.63, 3.8) is 0 Å². The summed E-state index contributed by atoms with van der Waals surface area (Å²) in [5.41, 5.74) is -0.439. The van der Waals surface area contributed by atoms with Crippen molar-refractivity contribution in [2.75, 3.05) is 13.1 Å². The lowest BCUT2D eigenvalue weighted by atomic mass is 10.3. The largest absolute Gasteiger partial charge is 0.289 e. The topological polar surface area (TPSA) is 80.5 Å². The highest BCUT2D eigenvalue weighted by Crippen LogP contribution is 2.29. The Morgan fingerprint density at radius 1 is 1.53 bits per heavy atom. The van der Waals surface area contributed by atoms with Gasteiger partial charge in [0, 0.05) is 23.6 Å². The number of nitro groups is 1. The van der Waals surface area contributed by atoms with E-state index in [1.165, 1.54) is 24.3 Å². The zero-order valence-electron chi connectivity index (χ0n) is 10.2. The molecule has 0 bridgehead atoms. The van der Waals surface area contributed by atoms with Crippen LogP contribution in [0, 0.1) is 10.1 Å². The van der Waals surface area contributed by atoms with Crippen LogP contribution in [-0.2, 0) is 10.0 Å². The maximum atomic E-state index is 12.4. The molecule has 0 amide bonds. The van der Waals surface area contributed by atoms with Gasteiger partial charge in [0.25, 0.3) is 5.69 Å². The summed E-state index contributed by atoms with van der Waals surface area (Å²) in [7, 11) is -3.92. The van der Waals surface area contributed by atoms with Gasteiger partial charge in [0.2, 0.25) is 10.0 Å². The fraction of sp³-hybridized carbons (Fsp3) is 0.273. The fourth-order valence-corrected chi connectivity index (χ4v) is 3.64. The van der Waals surface area contributed by atoms with Gasteiger partial charge < -0.3 is 0 Å². The highest BCUT2D eigenvalue weighted by Gasteiger charge is 2.30. The second kappa shape index (κ2) is 6.27. The van der Waals surface area contributed by atoms with Crippen LogP contribution >= 0.6 is 15.9 Å². The van der Waals surface area contributed by atoms with Crippen molar-refractivity contribution in [3.05, 3.63) is 45.4 Å². The van der Waals surface area contributed by atoms with E-state index in [0.717, 1.165) is 4.31 Å². The number of hydrogen-bond acceptors (Lipinski definition) is 4. The van der Waals surface area contributed by atoms with E-state index in [-0.39, 0.29) is 18.0 Å². The van der Waals surface area contributed by atoms with Crippen LogP contribution in [0.1, 0.15) is 6.92 Å².